The van der Waals surface area contributed by atoms with Gasteiger partial charge in [0.15, 0.2) is 0 Å². The van der Waals surface area contributed by atoms with Crippen molar-refractivity contribution in [2.45, 2.75) is 32.4 Å². The number of hydrogen-bond acceptors (Lipinski definition) is 3. The first kappa shape index (κ1) is 16.5. The Morgan fingerprint density at radius 3 is 2.57 bits per heavy atom. The summed E-state index contributed by atoms with van der Waals surface area (Å²) >= 11 is 0. The first-order valence-electron chi connectivity index (χ1n) is 7.23. The number of para-hydroxylation sites is 1. The van der Waals surface area contributed by atoms with Crippen LogP contribution in [0.25, 0.3) is 10.9 Å². The Bertz CT molecular complexity index is 738. The minimum atomic E-state index is -1.13. The smallest absolute Gasteiger partial charge is 0.326 e. The van der Waals surface area contributed by atoms with E-state index in [1.807, 2.05) is 24.3 Å². The van der Waals surface area contributed by atoms with E-state index in [1.54, 1.807) is 6.20 Å². The van der Waals surface area contributed by atoms with Crippen molar-refractivity contribution in [3.05, 3.63) is 36.0 Å². The molecular weight excluding hydrogens is 298 g/mol. The van der Waals surface area contributed by atoms with E-state index in [0.717, 1.165) is 16.5 Å². The molecule has 1 aromatic carbocycles. The Balaban J connectivity index is 2.11. The highest BCUT2D eigenvalue weighted by molar-refractivity contribution is 5.90. The van der Waals surface area contributed by atoms with Crippen LogP contribution >= 0.6 is 0 Å². The van der Waals surface area contributed by atoms with Crippen LogP contribution < -0.4 is 10.6 Å². The van der Waals surface area contributed by atoms with Gasteiger partial charge in [-0.1, -0.05) is 18.2 Å². The number of carbonyl (C=O) groups excluding carboxylic acids is 2. The van der Waals surface area contributed by atoms with Gasteiger partial charge in [-0.05, 0) is 18.6 Å². The fourth-order valence-corrected chi connectivity index (χ4v) is 2.39. The second-order valence-corrected chi connectivity index (χ2v) is 5.39. The van der Waals surface area contributed by atoms with E-state index in [-0.39, 0.29) is 12.3 Å². The predicted octanol–water partition coefficient (Wildman–Crippen LogP) is 0.804. The van der Waals surface area contributed by atoms with Crippen molar-refractivity contribution in [2.24, 2.45) is 0 Å². The first-order chi connectivity index (χ1) is 10.9. The molecule has 0 aliphatic heterocycles. The number of nitrogens with one attached hydrogen (secondary N) is 3. The van der Waals surface area contributed by atoms with Gasteiger partial charge in [-0.15, -0.1) is 0 Å². The van der Waals surface area contributed by atoms with Crippen molar-refractivity contribution in [3.63, 3.8) is 0 Å². The van der Waals surface area contributed by atoms with Crippen LogP contribution in [0.4, 0.5) is 0 Å². The van der Waals surface area contributed by atoms with Gasteiger partial charge in [-0.3, -0.25) is 9.59 Å². The fourth-order valence-electron chi connectivity index (χ4n) is 2.39. The molecule has 0 spiro atoms. The third-order valence-electron chi connectivity index (χ3n) is 3.53. The number of aliphatic carboxylic acids is 1. The third kappa shape index (κ3) is 4.09. The van der Waals surface area contributed by atoms with Gasteiger partial charge in [0, 0.05) is 30.4 Å². The van der Waals surface area contributed by atoms with Crippen LogP contribution in [-0.2, 0) is 20.8 Å². The largest absolute Gasteiger partial charge is 0.480 e. The van der Waals surface area contributed by atoms with Crippen molar-refractivity contribution in [1.82, 2.24) is 15.6 Å². The monoisotopic (exact) mass is 317 g/mol. The molecule has 0 unspecified atom stereocenters. The lowest BCUT2D eigenvalue weighted by Crippen LogP contribution is -2.50. The highest BCUT2D eigenvalue weighted by Gasteiger charge is 2.24. The molecule has 7 nitrogen and oxygen atoms in total. The number of carboxylic acids is 1. The van der Waals surface area contributed by atoms with Gasteiger partial charge in [0.1, 0.15) is 12.1 Å². The number of fused-ring (bicyclic) bond motifs is 1. The number of carbonyl (C=O) groups is 3. The second kappa shape index (κ2) is 6.95. The highest BCUT2D eigenvalue weighted by atomic mass is 16.4. The molecule has 7 heteroatoms. The molecule has 0 saturated heterocycles. The van der Waals surface area contributed by atoms with Gasteiger partial charge < -0.3 is 20.7 Å². The molecule has 0 fully saturated rings. The lowest BCUT2D eigenvalue weighted by Gasteiger charge is -2.18. The molecule has 23 heavy (non-hydrogen) atoms. The first-order valence-corrected chi connectivity index (χ1v) is 7.23. The Morgan fingerprint density at radius 2 is 1.91 bits per heavy atom. The minimum absolute atomic E-state index is 0.151. The predicted molar refractivity (Wildman–Crippen MR) is 84.8 cm³/mol. The number of benzene rings is 1. The number of aromatic nitrogens is 1. The third-order valence-corrected chi connectivity index (χ3v) is 3.53. The van der Waals surface area contributed by atoms with Gasteiger partial charge in [0.25, 0.3) is 0 Å². The van der Waals surface area contributed by atoms with Gasteiger partial charge in [0.2, 0.25) is 11.8 Å². The highest BCUT2D eigenvalue weighted by Crippen LogP contribution is 2.19. The number of amides is 2. The molecule has 122 valence electrons. The molecule has 0 aliphatic rings. The number of carboxylic acid groups (broad SMARTS) is 1. The molecule has 2 aromatic rings. The average molecular weight is 317 g/mol. The lowest BCUT2D eigenvalue weighted by molar-refractivity contribution is -0.142. The zero-order chi connectivity index (χ0) is 17.0. The molecule has 4 N–H and O–H groups in total. The van der Waals surface area contributed by atoms with Crippen LogP contribution in [0.5, 0.6) is 0 Å². The van der Waals surface area contributed by atoms with Crippen molar-refractivity contribution in [3.8, 4) is 0 Å². The summed E-state index contributed by atoms with van der Waals surface area (Å²) in [5, 5.41) is 15.1. The van der Waals surface area contributed by atoms with E-state index >= 15 is 0 Å². The minimum Gasteiger partial charge on any atom is -0.480 e. The maximum Gasteiger partial charge on any atom is 0.326 e. The van der Waals surface area contributed by atoms with Crippen LogP contribution in [0.1, 0.15) is 19.4 Å². The molecule has 2 amide bonds. The molecule has 0 aliphatic carbocycles. The quantitative estimate of drug-likeness (QED) is 0.631. The van der Waals surface area contributed by atoms with Crippen LogP contribution in [-0.4, -0.2) is 40.0 Å². The summed E-state index contributed by atoms with van der Waals surface area (Å²) in [5.74, 6) is -2.01. The maximum atomic E-state index is 12.0. The van der Waals surface area contributed by atoms with Gasteiger partial charge in [-0.2, -0.15) is 0 Å². The summed E-state index contributed by atoms with van der Waals surface area (Å²) < 4.78 is 0. The number of rotatable bonds is 6. The summed E-state index contributed by atoms with van der Waals surface area (Å²) in [4.78, 5) is 37.5. The topological polar surface area (TPSA) is 111 Å². The van der Waals surface area contributed by atoms with Crippen molar-refractivity contribution in [2.75, 3.05) is 0 Å². The molecule has 0 bridgehead atoms. The van der Waals surface area contributed by atoms with Crippen molar-refractivity contribution >= 4 is 28.7 Å². The average Bonchev–Trinajstić information content (AvgIpc) is 2.89. The SMILES string of the molecule is CC(=O)N[C@@H](C)C(=O)N[C@@H](Cc1c[nH]c2ccccc12)C(=O)O. The van der Waals surface area contributed by atoms with Crippen LogP contribution in [0.3, 0.4) is 0 Å². The van der Waals surface area contributed by atoms with Crippen LogP contribution in [0.2, 0.25) is 0 Å². The zero-order valence-corrected chi connectivity index (χ0v) is 12.9. The standard InChI is InChI=1S/C16H19N3O4/c1-9(18-10(2)20)15(21)19-14(16(22)23)7-11-8-17-13-6-4-3-5-12(11)13/h3-6,8-9,14,17H,7H2,1-2H3,(H,18,20)(H,19,21)(H,22,23)/t9-,14-/m0/s1. The number of aromatic amines is 1. The molecular formula is C16H19N3O4. The van der Waals surface area contributed by atoms with Crippen LogP contribution in [0, 0.1) is 0 Å². The van der Waals surface area contributed by atoms with E-state index in [9.17, 15) is 19.5 Å². The Labute approximate surface area is 133 Å². The summed E-state index contributed by atoms with van der Waals surface area (Å²) in [6, 6.07) is 5.67. The van der Waals surface area contributed by atoms with Crippen LogP contribution in [0.15, 0.2) is 30.5 Å². The molecule has 2 rings (SSSR count). The van der Waals surface area contributed by atoms with Gasteiger partial charge in [-0.25, -0.2) is 4.79 Å². The van der Waals surface area contributed by atoms with Crippen molar-refractivity contribution in [1.29, 1.82) is 0 Å². The lowest BCUT2D eigenvalue weighted by atomic mass is 10.0. The molecule has 2 atom stereocenters. The molecule has 1 heterocycles. The summed E-state index contributed by atoms with van der Waals surface area (Å²) in [6.45, 7) is 2.80. The molecule has 0 saturated carbocycles. The Kier molecular flexibility index (Phi) is 5.00. The van der Waals surface area contributed by atoms with Gasteiger partial charge >= 0.3 is 5.97 Å². The number of H-pyrrole nitrogens is 1. The normalized spacial score (nSPS) is 13.3. The maximum absolute atomic E-state index is 12.0. The Hall–Kier alpha value is -2.83. The van der Waals surface area contributed by atoms with E-state index in [4.69, 9.17) is 0 Å². The summed E-state index contributed by atoms with van der Waals surface area (Å²) in [7, 11) is 0. The summed E-state index contributed by atoms with van der Waals surface area (Å²) in [5.41, 5.74) is 1.71. The van der Waals surface area contributed by atoms with Gasteiger partial charge in [0.05, 0.1) is 0 Å². The fraction of sp³-hybridized carbons (Fsp3) is 0.312. The van der Waals surface area contributed by atoms with E-state index in [2.05, 4.69) is 15.6 Å². The van der Waals surface area contributed by atoms with E-state index in [0.29, 0.717) is 0 Å². The zero-order valence-electron chi connectivity index (χ0n) is 12.9. The van der Waals surface area contributed by atoms with E-state index < -0.39 is 24.0 Å². The van der Waals surface area contributed by atoms with E-state index in [1.165, 1.54) is 13.8 Å². The molecule has 0 radical (unpaired) electrons. The molecule has 1 aromatic heterocycles. The van der Waals surface area contributed by atoms with Crippen molar-refractivity contribution < 1.29 is 19.5 Å². The second-order valence-electron chi connectivity index (χ2n) is 5.39. The number of hydrogen-bond donors (Lipinski definition) is 4. The summed E-state index contributed by atoms with van der Waals surface area (Å²) in [6.07, 6.45) is 1.89. The Morgan fingerprint density at radius 1 is 1.22 bits per heavy atom.